The van der Waals surface area contributed by atoms with Gasteiger partial charge in [0.2, 0.25) is 0 Å². The molecule has 1 N–H and O–H groups in total. The Balaban J connectivity index is 1.69. The highest BCUT2D eigenvalue weighted by atomic mass is 35.5. The van der Waals surface area contributed by atoms with Crippen molar-refractivity contribution in [1.82, 2.24) is 4.98 Å². The third-order valence-corrected chi connectivity index (χ3v) is 4.70. The van der Waals surface area contributed by atoms with Gasteiger partial charge in [0.05, 0.1) is 10.0 Å². The average molecular weight is 393 g/mol. The molecule has 0 saturated heterocycles. The van der Waals surface area contributed by atoms with E-state index in [1.54, 1.807) is 18.2 Å². The van der Waals surface area contributed by atoms with Gasteiger partial charge in [0.1, 0.15) is 16.4 Å². The summed E-state index contributed by atoms with van der Waals surface area (Å²) in [5, 5.41) is 5.29. The molecule has 25 heavy (non-hydrogen) atoms. The van der Waals surface area contributed by atoms with Gasteiger partial charge < -0.3 is 10.1 Å². The third-order valence-electron chi connectivity index (χ3n) is 3.29. The van der Waals surface area contributed by atoms with Crippen molar-refractivity contribution in [1.29, 1.82) is 0 Å². The van der Waals surface area contributed by atoms with Gasteiger partial charge in [-0.15, -0.1) is 11.3 Å². The van der Waals surface area contributed by atoms with E-state index < -0.39 is 0 Å². The van der Waals surface area contributed by atoms with Crippen molar-refractivity contribution in [2.24, 2.45) is 0 Å². The zero-order chi connectivity index (χ0) is 17.8. The van der Waals surface area contributed by atoms with Crippen molar-refractivity contribution in [3.63, 3.8) is 0 Å². The highest BCUT2D eigenvalue weighted by Gasteiger charge is 2.14. The minimum atomic E-state index is -0.285. The number of halogens is 2. The van der Waals surface area contributed by atoms with Crippen LogP contribution in [-0.4, -0.2) is 17.5 Å². The number of aryl methyl sites for hydroxylation is 1. The summed E-state index contributed by atoms with van der Waals surface area (Å²) in [4.78, 5) is 16.7. The van der Waals surface area contributed by atoms with Crippen molar-refractivity contribution in [3.05, 3.63) is 63.6 Å². The molecule has 0 aliphatic carbocycles. The van der Waals surface area contributed by atoms with Crippen LogP contribution in [0.2, 0.25) is 10.0 Å². The molecule has 3 aromatic rings. The van der Waals surface area contributed by atoms with Gasteiger partial charge in [0, 0.05) is 10.6 Å². The molecule has 128 valence electrons. The quantitative estimate of drug-likeness (QED) is 0.628. The summed E-state index contributed by atoms with van der Waals surface area (Å²) in [5.74, 6) is 0.122. The van der Waals surface area contributed by atoms with Crippen LogP contribution in [-0.2, 0) is 4.79 Å². The van der Waals surface area contributed by atoms with Crippen LogP contribution in [0.4, 0.5) is 5.00 Å². The maximum Gasteiger partial charge on any atom is 0.262 e. The van der Waals surface area contributed by atoms with Gasteiger partial charge in [-0.2, -0.15) is 0 Å². The SMILES string of the molecule is Cc1nc(-c2ccccc2)c(NC(=O)COc2ccc(Cl)cc2Cl)s1. The van der Waals surface area contributed by atoms with Gasteiger partial charge in [0.15, 0.2) is 6.61 Å². The number of amides is 1. The van der Waals surface area contributed by atoms with Crippen molar-refractivity contribution < 1.29 is 9.53 Å². The summed E-state index contributed by atoms with van der Waals surface area (Å²) in [7, 11) is 0. The monoisotopic (exact) mass is 392 g/mol. The molecule has 0 atom stereocenters. The molecule has 0 fully saturated rings. The van der Waals surface area contributed by atoms with E-state index in [2.05, 4.69) is 10.3 Å². The van der Waals surface area contributed by atoms with Crippen molar-refractivity contribution >= 4 is 45.4 Å². The van der Waals surface area contributed by atoms with Crippen LogP contribution >= 0.6 is 34.5 Å². The minimum Gasteiger partial charge on any atom is -0.482 e. The number of carbonyl (C=O) groups is 1. The lowest BCUT2D eigenvalue weighted by molar-refractivity contribution is -0.118. The molecule has 2 aromatic carbocycles. The van der Waals surface area contributed by atoms with Crippen molar-refractivity contribution in [2.45, 2.75) is 6.92 Å². The topological polar surface area (TPSA) is 51.2 Å². The number of carbonyl (C=O) groups excluding carboxylic acids is 1. The molecule has 1 aromatic heterocycles. The minimum absolute atomic E-state index is 0.160. The van der Waals surface area contributed by atoms with Gasteiger partial charge in [-0.25, -0.2) is 4.98 Å². The van der Waals surface area contributed by atoms with Gasteiger partial charge in [-0.1, -0.05) is 53.5 Å². The Morgan fingerprint density at radius 2 is 1.96 bits per heavy atom. The first-order chi connectivity index (χ1) is 12.0. The van der Waals surface area contributed by atoms with Crippen LogP contribution in [0, 0.1) is 6.92 Å². The van der Waals surface area contributed by atoms with Crippen molar-refractivity contribution in [2.75, 3.05) is 11.9 Å². The molecule has 0 radical (unpaired) electrons. The molecule has 1 heterocycles. The molecule has 1 amide bonds. The Labute approximate surface area is 159 Å². The normalized spacial score (nSPS) is 10.5. The van der Waals surface area contributed by atoms with Crippen LogP contribution in [0.5, 0.6) is 5.75 Å². The molecule has 0 aliphatic rings. The highest BCUT2D eigenvalue weighted by molar-refractivity contribution is 7.16. The third kappa shape index (κ3) is 4.51. The fourth-order valence-corrected chi connectivity index (χ4v) is 3.52. The predicted molar refractivity (Wildman–Crippen MR) is 103 cm³/mol. The number of anilines is 1. The number of hydrogen-bond donors (Lipinski definition) is 1. The lowest BCUT2D eigenvalue weighted by Crippen LogP contribution is -2.20. The smallest absolute Gasteiger partial charge is 0.262 e. The second-order valence-electron chi connectivity index (χ2n) is 5.19. The van der Waals surface area contributed by atoms with Crippen molar-refractivity contribution in [3.8, 4) is 17.0 Å². The molecule has 7 heteroatoms. The Hall–Kier alpha value is -2.08. The Morgan fingerprint density at radius 1 is 1.20 bits per heavy atom. The maximum atomic E-state index is 12.2. The lowest BCUT2D eigenvalue weighted by atomic mass is 10.2. The molecule has 0 bridgehead atoms. The number of ether oxygens (including phenoxy) is 1. The fourth-order valence-electron chi connectivity index (χ4n) is 2.20. The van der Waals surface area contributed by atoms with E-state index in [0.717, 1.165) is 16.3 Å². The van der Waals surface area contributed by atoms with E-state index in [9.17, 15) is 4.79 Å². The summed E-state index contributed by atoms with van der Waals surface area (Å²) in [6.45, 7) is 1.74. The number of rotatable bonds is 5. The van der Waals surface area contributed by atoms with E-state index in [1.807, 2.05) is 37.3 Å². The van der Waals surface area contributed by atoms with Crippen LogP contribution in [0.3, 0.4) is 0 Å². The van der Waals surface area contributed by atoms with Crippen LogP contribution < -0.4 is 10.1 Å². The number of thiazole rings is 1. The van der Waals surface area contributed by atoms with Crippen LogP contribution in [0.1, 0.15) is 5.01 Å². The Bertz CT molecular complexity index is 897. The molecule has 0 saturated carbocycles. The summed E-state index contributed by atoms with van der Waals surface area (Å²) in [6.07, 6.45) is 0. The zero-order valence-corrected chi connectivity index (χ0v) is 15.6. The first-order valence-corrected chi connectivity index (χ1v) is 9.01. The second kappa shape index (κ2) is 7.87. The molecule has 0 unspecified atom stereocenters. The lowest BCUT2D eigenvalue weighted by Gasteiger charge is -2.09. The summed E-state index contributed by atoms with van der Waals surface area (Å²) in [5.41, 5.74) is 1.70. The standard InChI is InChI=1S/C18H14Cl2N2O2S/c1-11-21-17(12-5-3-2-4-6-12)18(25-11)22-16(23)10-24-15-8-7-13(19)9-14(15)20/h2-9H,10H2,1H3,(H,22,23). The Kier molecular flexibility index (Phi) is 5.58. The first-order valence-electron chi connectivity index (χ1n) is 7.43. The summed E-state index contributed by atoms with van der Waals surface area (Å²) in [6, 6.07) is 14.6. The number of nitrogens with zero attached hydrogens (tertiary/aromatic N) is 1. The summed E-state index contributed by atoms with van der Waals surface area (Å²) >= 11 is 13.3. The van der Waals surface area contributed by atoms with E-state index in [4.69, 9.17) is 27.9 Å². The largest absolute Gasteiger partial charge is 0.482 e. The molecule has 4 nitrogen and oxygen atoms in total. The predicted octanol–water partition coefficient (Wildman–Crippen LogP) is 5.44. The first kappa shape index (κ1) is 17.7. The molecular weight excluding hydrogens is 379 g/mol. The molecule has 0 spiro atoms. The van der Waals surface area contributed by atoms with Crippen LogP contribution in [0.25, 0.3) is 11.3 Å². The number of benzene rings is 2. The van der Waals surface area contributed by atoms with E-state index >= 15 is 0 Å². The number of aromatic nitrogens is 1. The van der Waals surface area contributed by atoms with Gasteiger partial charge in [-0.3, -0.25) is 4.79 Å². The number of nitrogens with one attached hydrogen (secondary N) is 1. The van der Waals surface area contributed by atoms with Gasteiger partial charge in [0.25, 0.3) is 5.91 Å². The molecular formula is C18H14Cl2N2O2S. The van der Waals surface area contributed by atoms with E-state index in [1.165, 1.54) is 11.3 Å². The van der Waals surface area contributed by atoms with Gasteiger partial charge >= 0.3 is 0 Å². The Morgan fingerprint density at radius 3 is 2.68 bits per heavy atom. The molecule has 0 aliphatic heterocycles. The fraction of sp³-hybridized carbons (Fsp3) is 0.111. The highest BCUT2D eigenvalue weighted by Crippen LogP contribution is 2.33. The van der Waals surface area contributed by atoms with Gasteiger partial charge in [-0.05, 0) is 25.1 Å². The second-order valence-corrected chi connectivity index (χ2v) is 7.24. The van der Waals surface area contributed by atoms with Crippen LogP contribution in [0.15, 0.2) is 48.5 Å². The van der Waals surface area contributed by atoms with E-state index in [-0.39, 0.29) is 12.5 Å². The molecule has 3 rings (SSSR count). The maximum absolute atomic E-state index is 12.2. The van der Waals surface area contributed by atoms with E-state index in [0.29, 0.717) is 20.8 Å². The average Bonchev–Trinajstić information content (AvgIpc) is 2.95. The number of hydrogen-bond acceptors (Lipinski definition) is 4. The summed E-state index contributed by atoms with van der Waals surface area (Å²) < 4.78 is 5.46. The zero-order valence-electron chi connectivity index (χ0n) is 13.3.